The summed E-state index contributed by atoms with van der Waals surface area (Å²) in [6.07, 6.45) is 1.21. The number of rotatable bonds is 12. The molecule has 2 heterocycles. The van der Waals surface area contributed by atoms with E-state index in [0.717, 1.165) is 23.2 Å². The van der Waals surface area contributed by atoms with Gasteiger partial charge in [-0.05, 0) is 60.5 Å². The van der Waals surface area contributed by atoms with Crippen molar-refractivity contribution in [3.8, 4) is 11.5 Å². The van der Waals surface area contributed by atoms with Crippen LogP contribution in [0.15, 0.2) is 47.1 Å². The van der Waals surface area contributed by atoms with Crippen LogP contribution in [0.5, 0.6) is 0 Å². The Morgan fingerprint density at radius 1 is 1.05 bits per heavy atom. The van der Waals surface area contributed by atoms with E-state index in [0.29, 0.717) is 37.4 Å². The molecule has 3 aromatic rings. The summed E-state index contributed by atoms with van der Waals surface area (Å²) in [6, 6.07) is 10.0. The Bertz CT molecular complexity index is 1400. The fourth-order valence-corrected chi connectivity index (χ4v) is 4.56. The van der Waals surface area contributed by atoms with Crippen molar-refractivity contribution >= 4 is 48.2 Å². The van der Waals surface area contributed by atoms with E-state index in [-0.39, 0.29) is 67.1 Å². The summed E-state index contributed by atoms with van der Waals surface area (Å²) in [4.78, 5) is 43.2. The summed E-state index contributed by atoms with van der Waals surface area (Å²) >= 11 is 0. The van der Waals surface area contributed by atoms with Crippen LogP contribution < -0.4 is 21.3 Å². The molecule has 0 aliphatic carbocycles. The average molecular weight is 625 g/mol. The average Bonchev–Trinajstić information content (AvgIpc) is 3.58. The molecule has 11 nitrogen and oxygen atoms in total. The van der Waals surface area contributed by atoms with Gasteiger partial charge in [0.1, 0.15) is 12.1 Å². The van der Waals surface area contributed by atoms with Crippen LogP contribution in [0.4, 0.5) is 10.1 Å². The van der Waals surface area contributed by atoms with Gasteiger partial charge in [0.05, 0.1) is 13.1 Å². The minimum atomic E-state index is -0.679. The fraction of sp³-hybridized carbons (Fsp3) is 0.357. The van der Waals surface area contributed by atoms with Gasteiger partial charge in [0.25, 0.3) is 11.8 Å². The highest BCUT2D eigenvalue weighted by molar-refractivity contribution is 5.96. The molecule has 3 amide bonds. The van der Waals surface area contributed by atoms with E-state index in [1.165, 1.54) is 23.4 Å². The number of primary amides is 1. The molecule has 228 valence electrons. The summed E-state index contributed by atoms with van der Waals surface area (Å²) in [7, 11) is 1.67. The first kappa shape index (κ1) is 34.7. The predicted octanol–water partition coefficient (Wildman–Crippen LogP) is 2.65. The molecule has 0 bridgehead atoms. The number of aryl methyl sites for hydroxylation is 1. The van der Waals surface area contributed by atoms with Crippen LogP contribution >= 0.6 is 24.8 Å². The molecule has 0 fully saturated rings. The number of aromatic nitrogens is 1. The van der Waals surface area contributed by atoms with Crippen molar-refractivity contribution in [3.63, 3.8) is 0 Å². The maximum absolute atomic E-state index is 13.6. The number of halogens is 3. The van der Waals surface area contributed by atoms with Crippen LogP contribution in [-0.2, 0) is 22.7 Å². The topological polar surface area (TPSA) is 137 Å². The summed E-state index contributed by atoms with van der Waals surface area (Å²) in [5.74, 6) is -1.12. The number of likely N-dealkylation sites (N-methyl/N-ethyl adjacent to an activating group) is 2. The first-order valence-corrected chi connectivity index (χ1v) is 13.0. The Balaban J connectivity index is 0.00000308. The Morgan fingerprint density at radius 3 is 2.43 bits per heavy atom. The van der Waals surface area contributed by atoms with E-state index in [1.54, 1.807) is 30.1 Å². The smallest absolute Gasteiger partial charge is 0.270 e. The highest BCUT2D eigenvalue weighted by Crippen LogP contribution is 2.27. The number of carbonyl (C=O) groups excluding carboxylic acids is 3. The normalized spacial score (nSPS) is 12.2. The lowest BCUT2D eigenvalue weighted by Gasteiger charge is -2.28. The second-order valence-electron chi connectivity index (χ2n) is 9.56. The first-order valence-electron chi connectivity index (χ1n) is 13.0. The second-order valence-corrected chi connectivity index (χ2v) is 9.56. The number of nitrogens with one attached hydrogen (secondary N) is 2. The number of amides is 3. The number of nitrogens with zero attached hydrogens (tertiary/aromatic N) is 4. The third-order valence-electron chi connectivity index (χ3n) is 6.77. The molecule has 42 heavy (non-hydrogen) atoms. The molecule has 0 spiro atoms. The van der Waals surface area contributed by atoms with Gasteiger partial charge in [-0.2, -0.15) is 0 Å². The number of fused-ring (bicyclic) bond motifs is 1. The van der Waals surface area contributed by atoms with Crippen LogP contribution in [0.1, 0.15) is 34.1 Å². The Hall–Kier alpha value is -3.55. The van der Waals surface area contributed by atoms with Crippen LogP contribution in [0.2, 0.25) is 0 Å². The lowest BCUT2D eigenvalue weighted by atomic mass is 10.1. The summed E-state index contributed by atoms with van der Waals surface area (Å²) in [6.45, 7) is 6.52. The molecule has 1 aromatic heterocycles. The monoisotopic (exact) mass is 623 g/mol. The largest absolute Gasteiger partial charge is 0.444 e. The zero-order chi connectivity index (χ0) is 28.8. The molecule has 4 rings (SSSR count). The summed E-state index contributed by atoms with van der Waals surface area (Å²) in [5.41, 5.74) is 9.30. The number of oxazole rings is 1. The molecule has 1 aliphatic rings. The molecule has 0 saturated carbocycles. The number of benzene rings is 2. The van der Waals surface area contributed by atoms with Crippen molar-refractivity contribution in [1.82, 2.24) is 25.6 Å². The van der Waals surface area contributed by atoms with Crippen molar-refractivity contribution < 1.29 is 23.2 Å². The zero-order valence-corrected chi connectivity index (χ0v) is 25.3. The first-order chi connectivity index (χ1) is 19.2. The fourth-order valence-electron chi connectivity index (χ4n) is 4.56. The van der Waals surface area contributed by atoms with Gasteiger partial charge in [-0.25, -0.2) is 14.4 Å². The van der Waals surface area contributed by atoms with Gasteiger partial charge in [0, 0.05) is 44.5 Å². The number of hydrazine groups is 1. The van der Waals surface area contributed by atoms with Gasteiger partial charge in [-0.15, -0.1) is 24.8 Å². The van der Waals surface area contributed by atoms with Crippen LogP contribution in [0, 0.1) is 12.7 Å². The highest BCUT2D eigenvalue weighted by Gasteiger charge is 2.26. The number of nitrogens with two attached hydrogens (primary N) is 1. The minimum absolute atomic E-state index is 0. The Labute approximate surface area is 256 Å². The Kier molecular flexibility index (Phi) is 12.9. The Morgan fingerprint density at radius 2 is 1.76 bits per heavy atom. The van der Waals surface area contributed by atoms with Crippen molar-refractivity contribution in [3.05, 3.63) is 70.9 Å². The van der Waals surface area contributed by atoms with Gasteiger partial charge in [0.15, 0.2) is 5.69 Å². The van der Waals surface area contributed by atoms with Crippen molar-refractivity contribution in [2.75, 3.05) is 44.7 Å². The highest BCUT2D eigenvalue weighted by atomic mass is 35.5. The second kappa shape index (κ2) is 15.6. The van der Waals surface area contributed by atoms with E-state index < -0.39 is 5.91 Å². The van der Waals surface area contributed by atoms with Gasteiger partial charge in [-0.1, -0.05) is 13.0 Å². The molecule has 14 heteroatoms. The molecule has 0 saturated heterocycles. The van der Waals surface area contributed by atoms with Gasteiger partial charge in [-0.3, -0.25) is 24.7 Å². The van der Waals surface area contributed by atoms with E-state index >= 15 is 0 Å². The summed E-state index contributed by atoms with van der Waals surface area (Å²) < 4.78 is 18.9. The van der Waals surface area contributed by atoms with Crippen molar-refractivity contribution in [1.29, 1.82) is 0 Å². The third kappa shape index (κ3) is 8.26. The van der Waals surface area contributed by atoms with Crippen LogP contribution in [-0.4, -0.2) is 72.5 Å². The molecule has 2 aromatic carbocycles. The lowest BCUT2D eigenvalue weighted by Crippen LogP contribution is -2.47. The number of anilines is 1. The maximum Gasteiger partial charge on any atom is 0.270 e. The van der Waals surface area contributed by atoms with Gasteiger partial charge >= 0.3 is 0 Å². The maximum atomic E-state index is 13.6. The SMILES string of the molecule is CCNCCN(C(=O)CNCC(=O)N(C)N1Cc2ccc(F)cc2C1)c1ccc(-c2nc(C(N)=O)co2)cc1C.Cl.Cl. The minimum Gasteiger partial charge on any atom is -0.444 e. The van der Waals surface area contributed by atoms with E-state index in [4.69, 9.17) is 10.2 Å². The molecule has 0 unspecified atom stereocenters. The van der Waals surface area contributed by atoms with Crippen molar-refractivity contribution in [2.45, 2.75) is 26.9 Å². The van der Waals surface area contributed by atoms with Crippen LogP contribution in [0.25, 0.3) is 11.5 Å². The van der Waals surface area contributed by atoms with Gasteiger partial charge < -0.3 is 20.4 Å². The van der Waals surface area contributed by atoms with E-state index in [9.17, 15) is 18.8 Å². The van der Waals surface area contributed by atoms with Gasteiger partial charge in [0.2, 0.25) is 11.8 Å². The third-order valence-corrected chi connectivity index (χ3v) is 6.77. The van der Waals surface area contributed by atoms with E-state index in [2.05, 4.69) is 15.6 Å². The zero-order valence-electron chi connectivity index (χ0n) is 23.7. The number of hydrogen-bond acceptors (Lipinski definition) is 8. The lowest BCUT2D eigenvalue weighted by molar-refractivity contribution is -0.145. The standard InChI is InChI=1S/C28H34FN7O4.2ClH/c1-4-31-9-10-36(24-8-6-19(11-18(24)2)28-33-23(17-40-28)27(30)39)26(38)14-32-13-25(37)34(3)35-15-20-5-7-22(29)12-21(20)16-35;;/h5-8,11-12,17,31-32H,4,9-10,13-16H2,1-3H3,(H2,30,39);2*1H. The van der Waals surface area contributed by atoms with Crippen LogP contribution in [0.3, 0.4) is 0 Å². The molecule has 0 radical (unpaired) electrons. The van der Waals surface area contributed by atoms with Crippen molar-refractivity contribution in [2.24, 2.45) is 5.73 Å². The quantitative estimate of drug-likeness (QED) is 0.262. The number of carbonyl (C=O) groups is 3. The molecule has 0 atom stereocenters. The van der Waals surface area contributed by atoms with E-state index in [1.807, 2.05) is 24.9 Å². The predicted molar refractivity (Wildman–Crippen MR) is 162 cm³/mol. The number of hydrogen-bond donors (Lipinski definition) is 3. The summed E-state index contributed by atoms with van der Waals surface area (Å²) in [5, 5.41) is 9.55. The molecular weight excluding hydrogens is 588 g/mol. The molecule has 4 N–H and O–H groups in total. The molecule has 1 aliphatic heterocycles. The molecular formula is C28H36Cl2FN7O4.